The van der Waals surface area contributed by atoms with E-state index in [0.717, 1.165) is 57.1 Å². The fraction of sp³-hybridized carbons (Fsp3) is 0.143. The molecule has 174 valence electrons. The van der Waals surface area contributed by atoms with Crippen molar-refractivity contribution in [3.05, 3.63) is 97.1 Å². The van der Waals surface area contributed by atoms with Gasteiger partial charge in [-0.05, 0) is 110 Å². The Bertz CT molecular complexity index is 1050. The summed E-state index contributed by atoms with van der Waals surface area (Å²) in [6.45, 7) is 1.26. The molecule has 0 aliphatic heterocycles. The molecule has 0 unspecified atom stereocenters. The van der Waals surface area contributed by atoms with Crippen LogP contribution in [0, 0.1) is 0 Å². The lowest BCUT2D eigenvalue weighted by Crippen LogP contribution is -2.02. The highest BCUT2D eigenvalue weighted by molar-refractivity contribution is 7.80. The number of unbranched alkanes of at least 4 members (excludes halogenated alkanes) is 1. The van der Waals surface area contributed by atoms with Crippen molar-refractivity contribution in [3.8, 4) is 34.5 Å². The van der Waals surface area contributed by atoms with Crippen LogP contribution in [0.1, 0.15) is 12.8 Å². The minimum atomic E-state index is 0.630. The first kappa shape index (κ1) is 23.9. The maximum absolute atomic E-state index is 5.82. The van der Waals surface area contributed by atoms with Crippen LogP contribution in [-0.4, -0.2) is 13.2 Å². The number of hydrogen-bond acceptors (Lipinski definition) is 6. The lowest BCUT2D eigenvalue weighted by molar-refractivity contribution is 0.266. The zero-order chi connectivity index (χ0) is 23.6. The third-order valence-electron chi connectivity index (χ3n) is 4.87. The predicted octanol–water partition coefficient (Wildman–Crippen LogP) is 8.09. The highest BCUT2D eigenvalue weighted by Gasteiger charge is 2.01. The Balaban J connectivity index is 1.11. The van der Waals surface area contributed by atoms with Crippen LogP contribution in [0.15, 0.2) is 107 Å². The molecule has 0 fully saturated rings. The average Bonchev–Trinajstić information content (AvgIpc) is 2.86. The van der Waals surface area contributed by atoms with Gasteiger partial charge in [0, 0.05) is 9.79 Å². The van der Waals surface area contributed by atoms with E-state index in [4.69, 9.17) is 18.9 Å². The third kappa shape index (κ3) is 7.68. The van der Waals surface area contributed by atoms with Gasteiger partial charge in [0.05, 0.1) is 13.2 Å². The van der Waals surface area contributed by atoms with Gasteiger partial charge in [0.15, 0.2) is 0 Å². The van der Waals surface area contributed by atoms with Crippen molar-refractivity contribution < 1.29 is 18.9 Å². The standard InChI is InChI=1S/C28H26O4S2/c33-27-15-11-25(12-16-27)31-23-7-3-21(4-8-23)29-19-1-2-20-30-22-5-9-24(10-6-22)32-26-13-17-28(34)18-14-26/h3-18,33-34H,1-2,19-20H2. The van der Waals surface area contributed by atoms with Gasteiger partial charge in [-0.15, -0.1) is 25.3 Å². The van der Waals surface area contributed by atoms with Gasteiger partial charge in [-0.1, -0.05) is 0 Å². The number of thiol groups is 2. The van der Waals surface area contributed by atoms with Crippen LogP contribution in [0.5, 0.6) is 34.5 Å². The Hall–Kier alpha value is -3.22. The first-order chi connectivity index (χ1) is 16.6. The molecule has 0 amide bonds. The Kier molecular flexibility index (Phi) is 8.65. The van der Waals surface area contributed by atoms with Gasteiger partial charge in [0.1, 0.15) is 34.5 Å². The SMILES string of the molecule is Sc1ccc(Oc2ccc(OCCCCOc3ccc(Oc4ccc(S)cc4)cc3)cc2)cc1. The summed E-state index contributed by atoms with van der Waals surface area (Å²) in [6, 6.07) is 30.4. The summed E-state index contributed by atoms with van der Waals surface area (Å²) in [5, 5.41) is 0. The van der Waals surface area contributed by atoms with Gasteiger partial charge >= 0.3 is 0 Å². The Morgan fingerprint density at radius 1 is 0.382 bits per heavy atom. The molecule has 4 aromatic carbocycles. The molecule has 4 nitrogen and oxygen atoms in total. The zero-order valence-electron chi connectivity index (χ0n) is 18.6. The molecule has 0 heterocycles. The molecule has 4 aromatic rings. The molecule has 0 bridgehead atoms. The second-order valence-electron chi connectivity index (χ2n) is 7.54. The van der Waals surface area contributed by atoms with Crippen LogP contribution >= 0.6 is 25.3 Å². The first-order valence-electron chi connectivity index (χ1n) is 11.0. The van der Waals surface area contributed by atoms with Crippen molar-refractivity contribution in [1.82, 2.24) is 0 Å². The van der Waals surface area contributed by atoms with E-state index in [1.807, 2.05) is 97.1 Å². The maximum Gasteiger partial charge on any atom is 0.127 e. The summed E-state index contributed by atoms with van der Waals surface area (Å²) in [4.78, 5) is 1.81. The number of benzene rings is 4. The Morgan fingerprint density at radius 2 is 0.647 bits per heavy atom. The van der Waals surface area contributed by atoms with Crippen molar-refractivity contribution in [2.24, 2.45) is 0 Å². The van der Waals surface area contributed by atoms with Crippen molar-refractivity contribution in [2.75, 3.05) is 13.2 Å². The summed E-state index contributed by atoms with van der Waals surface area (Å²) in [6.07, 6.45) is 1.80. The number of hydrogen-bond donors (Lipinski definition) is 2. The minimum Gasteiger partial charge on any atom is -0.494 e. The van der Waals surface area contributed by atoms with E-state index in [1.54, 1.807) is 0 Å². The highest BCUT2D eigenvalue weighted by atomic mass is 32.1. The quantitative estimate of drug-likeness (QED) is 0.165. The average molecular weight is 491 g/mol. The van der Waals surface area contributed by atoms with Crippen LogP contribution in [0.25, 0.3) is 0 Å². The molecule has 0 aliphatic rings. The van der Waals surface area contributed by atoms with Crippen LogP contribution in [-0.2, 0) is 0 Å². The van der Waals surface area contributed by atoms with E-state index in [0.29, 0.717) is 13.2 Å². The summed E-state index contributed by atoms with van der Waals surface area (Å²) < 4.78 is 23.3. The monoisotopic (exact) mass is 490 g/mol. The molecular weight excluding hydrogens is 464 g/mol. The van der Waals surface area contributed by atoms with Gasteiger partial charge < -0.3 is 18.9 Å². The van der Waals surface area contributed by atoms with E-state index in [2.05, 4.69) is 25.3 Å². The second kappa shape index (κ2) is 12.3. The van der Waals surface area contributed by atoms with Crippen LogP contribution < -0.4 is 18.9 Å². The number of ether oxygens (including phenoxy) is 4. The van der Waals surface area contributed by atoms with E-state index in [1.165, 1.54) is 0 Å². The van der Waals surface area contributed by atoms with E-state index in [-0.39, 0.29) is 0 Å². The molecule has 0 saturated carbocycles. The number of rotatable bonds is 11. The van der Waals surface area contributed by atoms with Crippen LogP contribution in [0.3, 0.4) is 0 Å². The van der Waals surface area contributed by atoms with Crippen LogP contribution in [0.4, 0.5) is 0 Å². The molecule has 6 heteroatoms. The van der Waals surface area contributed by atoms with Gasteiger partial charge in [0.25, 0.3) is 0 Å². The van der Waals surface area contributed by atoms with Crippen molar-refractivity contribution in [1.29, 1.82) is 0 Å². The predicted molar refractivity (Wildman–Crippen MR) is 141 cm³/mol. The molecular formula is C28H26O4S2. The molecule has 0 radical (unpaired) electrons. The Morgan fingerprint density at radius 3 is 0.971 bits per heavy atom. The topological polar surface area (TPSA) is 36.9 Å². The largest absolute Gasteiger partial charge is 0.494 e. The molecule has 34 heavy (non-hydrogen) atoms. The van der Waals surface area contributed by atoms with E-state index in [9.17, 15) is 0 Å². The minimum absolute atomic E-state index is 0.630. The molecule has 0 atom stereocenters. The zero-order valence-corrected chi connectivity index (χ0v) is 20.4. The van der Waals surface area contributed by atoms with Crippen LogP contribution in [0.2, 0.25) is 0 Å². The molecule has 0 N–H and O–H groups in total. The normalized spacial score (nSPS) is 10.5. The van der Waals surface area contributed by atoms with Gasteiger partial charge in [-0.3, -0.25) is 0 Å². The summed E-state index contributed by atoms with van der Waals surface area (Å²) in [5.74, 6) is 4.71. The van der Waals surface area contributed by atoms with Gasteiger partial charge in [-0.2, -0.15) is 0 Å². The first-order valence-corrected chi connectivity index (χ1v) is 11.9. The smallest absolute Gasteiger partial charge is 0.127 e. The summed E-state index contributed by atoms with van der Waals surface area (Å²) in [7, 11) is 0. The van der Waals surface area contributed by atoms with E-state index < -0.39 is 0 Å². The van der Waals surface area contributed by atoms with Gasteiger partial charge in [-0.25, -0.2) is 0 Å². The van der Waals surface area contributed by atoms with Gasteiger partial charge in [0.2, 0.25) is 0 Å². The Labute approximate surface area is 211 Å². The van der Waals surface area contributed by atoms with Crippen molar-refractivity contribution in [3.63, 3.8) is 0 Å². The fourth-order valence-corrected chi connectivity index (χ4v) is 3.39. The lowest BCUT2D eigenvalue weighted by atomic mass is 10.3. The van der Waals surface area contributed by atoms with Crippen molar-refractivity contribution in [2.45, 2.75) is 22.6 Å². The summed E-state index contributed by atoms with van der Waals surface area (Å²) in [5.41, 5.74) is 0. The lowest BCUT2D eigenvalue weighted by Gasteiger charge is -2.10. The van der Waals surface area contributed by atoms with Crippen molar-refractivity contribution >= 4 is 25.3 Å². The summed E-state index contributed by atoms with van der Waals surface area (Å²) >= 11 is 8.56. The molecule has 0 spiro atoms. The maximum atomic E-state index is 5.82. The second-order valence-corrected chi connectivity index (χ2v) is 8.57. The molecule has 4 rings (SSSR count). The molecule has 0 aliphatic carbocycles. The molecule has 0 aromatic heterocycles. The third-order valence-corrected chi connectivity index (χ3v) is 5.46. The molecule has 0 saturated heterocycles. The van der Waals surface area contributed by atoms with E-state index >= 15 is 0 Å². The highest BCUT2D eigenvalue weighted by Crippen LogP contribution is 2.26. The fourth-order valence-electron chi connectivity index (χ4n) is 3.09.